The van der Waals surface area contributed by atoms with Gasteiger partial charge in [-0.25, -0.2) is 0 Å². The van der Waals surface area contributed by atoms with E-state index < -0.39 is 5.12 Å². The number of aliphatic hydroxyl groups is 2. The third kappa shape index (κ3) is 1.85. The molecule has 1 fully saturated rings. The van der Waals surface area contributed by atoms with Gasteiger partial charge < -0.3 is 10.2 Å². The first kappa shape index (κ1) is 6.74. The van der Waals surface area contributed by atoms with E-state index in [-0.39, 0.29) is 0 Å². The van der Waals surface area contributed by atoms with Gasteiger partial charge in [-0.1, -0.05) is 11.8 Å². The average molecular weight is 152 g/mol. The van der Waals surface area contributed by atoms with Crippen molar-refractivity contribution in [3.05, 3.63) is 0 Å². The van der Waals surface area contributed by atoms with Crippen molar-refractivity contribution in [2.75, 3.05) is 17.3 Å². The molecule has 1 aliphatic heterocycles. The molecule has 2 N–H and O–H groups in total. The van der Waals surface area contributed by atoms with Gasteiger partial charge >= 0.3 is 0 Å². The first-order valence-electron chi connectivity index (χ1n) is 2.37. The van der Waals surface area contributed by atoms with E-state index >= 15 is 0 Å². The summed E-state index contributed by atoms with van der Waals surface area (Å²) in [6.07, 6.45) is 0. The summed E-state index contributed by atoms with van der Waals surface area (Å²) in [5, 5.41) is 16.3. The van der Waals surface area contributed by atoms with E-state index in [4.69, 9.17) is 10.2 Å². The molecule has 0 aromatic carbocycles. The molecule has 2 nitrogen and oxygen atoms in total. The molecule has 0 saturated carbocycles. The van der Waals surface area contributed by atoms with E-state index in [2.05, 4.69) is 0 Å². The molecule has 4 heteroatoms. The van der Waals surface area contributed by atoms with Crippen LogP contribution in [0.4, 0.5) is 0 Å². The van der Waals surface area contributed by atoms with Crippen LogP contribution < -0.4 is 0 Å². The summed E-state index contributed by atoms with van der Waals surface area (Å²) in [6.45, 7) is 0. The molecule has 8 heavy (non-hydrogen) atoms. The standard InChI is InChI=1S/C4H8O2S2/c5-4(6)3-7-1-2-8-4/h5-6H,1-3H2. The summed E-state index contributed by atoms with van der Waals surface area (Å²) < 4.78 is 0. The molecule has 1 aliphatic rings. The zero-order valence-corrected chi connectivity index (χ0v) is 5.97. The lowest BCUT2D eigenvalue weighted by atomic mass is 10.7. The topological polar surface area (TPSA) is 40.5 Å². The van der Waals surface area contributed by atoms with E-state index in [0.29, 0.717) is 5.75 Å². The molecular weight excluding hydrogens is 144 g/mol. The molecule has 0 aromatic heterocycles. The van der Waals surface area contributed by atoms with Gasteiger partial charge in [0.2, 0.25) is 5.12 Å². The summed E-state index contributed by atoms with van der Waals surface area (Å²) >= 11 is 2.79. The minimum atomic E-state index is -1.44. The lowest BCUT2D eigenvalue weighted by Crippen LogP contribution is -2.30. The molecule has 0 spiro atoms. The van der Waals surface area contributed by atoms with Gasteiger partial charge in [0.15, 0.2) is 0 Å². The lowest BCUT2D eigenvalue weighted by Gasteiger charge is -2.24. The smallest absolute Gasteiger partial charge is 0.222 e. The molecule has 0 aliphatic carbocycles. The Labute approximate surface area is 56.7 Å². The van der Waals surface area contributed by atoms with Crippen molar-refractivity contribution in [2.45, 2.75) is 5.12 Å². The Morgan fingerprint density at radius 1 is 1.25 bits per heavy atom. The number of thioether (sulfide) groups is 2. The molecule has 0 radical (unpaired) electrons. The van der Waals surface area contributed by atoms with Crippen LogP contribution in [0.3, 0.4) is 0 Å². The van der Waals surface area contributed by atoms with Crippen LogP contribution in [-0.2, 0) is 0 Å². The second-order valence-corrected chi connectivity index (χ2v) is 4.10. The van der Waals surface area contributed by atoms with E-state index in [9.17, 15) is 0 Å². The van der Waals surface area contributed by atoms with Crippen LogP contribution in [0, 0.1) is 0 Å². The van der Waals surface area contributed by atoms with Crippen LogP contribution >= 0.6 is 23.5 Å². The molecular formula is C4H8O2S2. The zero-order chi connectivity index (χ0) is 6.04. The highest BCUT2D eigenvalue weighted by molar-refractivity contribution is 8.06. The monoisotopic (exact) mass is 152 g/mol. The first-order valence-corrected chi connectivity index (χ1v) is 4.51. The highest BCUT2D eigenvalue weighted by Gasteiger charge is 2.26. The van der Waals surface area contributed by atoms with Gasteiger partial charge in [0.05, 0.1) is 5.75 Å². The quantitative estimate of drug-likeness (QED) is 0.483. The molecule has 1 heterocycles. The predicted octanol–water partition coefficient (Wildman–Crippen LogP) is 0.105. The maximum atomic E-state index is 8.87. The number of rotatable bonds is 0. The van der Waals surface area contributed by atoms with E-state index in [1.165, 1.54) is 11.8 Å². The zero-order valence-electron chi connectivity index (χ0n) is 4.33. The van der Waals surface area contributed by atoms with Crippen LogP contribution in [0.1, 0.15) is 0 Å². The Morgan fingerprint density at radius 3 is 2.25 bits per heavy atom. The Morgan fingerprint density at radius 2 is 2.00 bits per heavy atom. The molecule has 1 saturated heterocycles. The molecule has 0 atom stereocenters. The fourth-order valence-corrected chi connectivity index (χ4v) is 2.64. The molecule has 0 bridgehead atoms. The van der Waals surface area contributed by atoms with Gasteiger partial charge in [0.25, 0.3) is 0 Å². The minimum absolute atomic E-state index is 0.442. The Kier molecular flexibility index (Phi) is 2.08. The third-order valence-electron chi connectivity index (χ3n) is 0.851. The van der Waals surface area contributed by atoms with Gasteiger partial charge in [0, 0.05) is 11.5 Å². The SMILES string of the molecule is OC1(O)CSCCS1. The summed E-state index contributed by atoms with van der Waals surface area (Å²) in [5.41, 5.74) is 0. The first-order chi connectivity index (χ1) is 3.71. The van der Waals surface area contributed by atoms with Gasteiger partial charge in [-0.15, -0.1) is 0 Å². The van der Waals surface area contributed by atoms with E-state index in [1.807, 2.05) is 0 Å². The van der Waals surface area contributed by atoms with Gasteiger partial charge in [0.1, 0.15) is 0 Å². The predicted molar refractivity (Wildman–Crippen MR) is 37.0 cm³/mol. The molecule has 0 aromatic rings. The van der Waals surface area contributed by atoms with Crippen molar-refractivity contribution in [1.82, 2.24) is 0 Å². The molecule has 1 rings (SSSR count). The highest BCUT2D eigenvalue weighted by atomic mass is 32.2. The summed E-state index contributed by atoms with van der Waals surface area (Å²) in [5.74, 6) is 2.32. The lowest BCUT2D eigenvalue weighted by molar-refractivity contribution is -0.0550. The van der Waals surface area contributed by atoms with Gasteiger partial charge in [-0.2, -0.15) is 11.8 Å². The Balaban J connectivity index is 2.33. The van der Waals surface area contributed by atoms with Crippen molar-refractivity contribution >= 4 is 23.5 Å². The number of hydrogen-bond acceptors (Lipinski definition) is 4. The van der Waals surface area contributed by atoms with Crippen LogP contribution in [0.5, 0.6) is 0 Å². The fourth-order valence-electron chi connectivity index (χ4n) is 0.511. The van der Waals surface area contributed by atoms with E-state index in [0.717, 1.165) is 11.5 Å². The molecule has 0 unspecified atom stereocenters. The van der Waals surface area contributed by atoms with E-state index in [1.54, 1.807) is 11.8 Å². The van der Waals surface area contributed by atoms with Crippen LogP contribution in [0.2, 0.25) is 0 Å². The van der Waals surface area contributed by atoms with Crippen molar-refractivity contribution in [1.29, 1.82) is 0 Å². The molecule has 48 valence electrons. The fraction of sp³-hybridized carbons (Fsp3) is 1.00. The average Bonchev–Trinajstić information content (AvgIpc) is 1.65. The minimum Gasteiger partial charge on any atom is -0.357 e. The normalized spacial score (nSPS) is 27.8. The summed E-state index contributed by atoms with van der Waals surface area (Å²) in [4.78, 5) is 0. The van der Waals surface area contributed by atoms with Gasteiger partial charge in [-0.05, 0) is 0 Å². The Hall–Kier alpha value is 0.620. The maximum absolute atomic E-state index is 8.87. The van der Waals surface area contributed by atoms with Crippen LogP contribution in [-0.4, -0.2) is 32.6 Å². The largest absolute Gasteiger partial charge is 0.357 e. The van der Waals surface area contributed by atoms with Crippen LogP contribution in [0.25, 0.3) is 0 Å². The number of hydrogen-bond donors (Lipinski definition) is 2. The van der Waals surface area contributed by atoms with Crippen LogP contribution in [0.15, 0.2) is 0 Å². The van der Waals surface area contributed by atoms with Gasteiger partial charge in [-0.3, -0.25) is 0 Å². The molecule has 0 amide bonds. The van der Waals surface area contributed by atoms with Crippen molar-refractivity contribution in [3.8, 4) is 0 Å². The second kappa shape index (κ2) is 2.47. The summed E-state index contributed by atoms with van der Waals surface area (Å²) in [7, 11) is 0. The Bertz CT molecular complexity index is 76.1. The van der Waals surface area contributed by atoms with Crippen molar-refractivity contribution < 1.29 is 10.2 Å². The maximum Gasteiger partial charge on any atom is 0.222 e. The summed E-state index contributed by atoms with van der Waals surface area (Å²) in [6, 6.07) is 0. The van der Waals surface area contributed by atoms with Crippen molar-refractivity contribution in [2.24, 2.45) is 0 Å². The second-order valence-electron chi connectivity index (χ2n) is 1.64. The third-order valence-corrected chi connectivity index (χ3v) is 3.41. The van der Waals surface area contributed by atoms with Crippen molar-refractivity contribution in [3.63, 3.8) is 0 Å². The highest BCUT2D eigenvalue weighted by Crippen LogP contribution is 2.29.